The van der Waals surface area contributed by atoms with Crippen LogP contribution in [0.15, 0.2) is 41.3 Å². The van der Waals surface area contributed by atoms with Crippen LogP contribution in [0.2, 0.25) is 0 Å². The highest BCUT2D eigenvalue weighted by atomic mass is 19.4. The van der Waals surface area contributed by atoms with E-state index in [1.165, 1.54) is 5.56 Å². The van der Waals surface area contributed by atoms with E-state index in [1.54, 1.807) is 0 Å². The number of benzene rings is 1. The van der Waals surface area contributed by atoms with Gasteiger partial charge in [-0.05, 0) is 61.2 Å². The number of aliphatic hydroxyl groups is 1. The quantitative estimate of drug-likeness (QED) is 0.351. The molecule has 3 aromatic heterocycles. The van der Waals surface area contributed by atoms with Crippen molar-refractivity contribution in [1.82, 2.24) is 29.6 Å². The van der Waals surface area contributed by atoms with Crippen LogP contribution in [0.25, 0.3) is 16.9 Å². The molecule has 1 aromatic carbocycles. The molecule has 0 unspecified atom stereocenters. The molecule has 192 valence electrons. The first-order valence-corrected chi connectivity index (χ1v) is 11.7. The van der Waals surface area contributed by atoms with Crippen molar-refractivity contribution >= 4 is 22.7 Å². The predicted molar refractivity (Wildman–Crippen MR) is 125 cm³/mol. The maximum Gasteiger partial charge on any atom is 0.408 e. The third kappa shape index (κ3) is 4.33. The van der Waals surface area contributed by atoms with Gasteiger partial charge in [0.25, 0.3) is 5.56 Å². The van der Waals surface area contributed by atoms with Crippen LogP contribution in [0.4, 0.5) is 29.2 Å². The van der Waals surface area contributed by atoms with Crippen molar-refractivity contribution in [2.24, 2.45) is 0 Å². The highest BCUT2D eigenvalue weighted by molar-refractivity contribution is 5.77. The third-order valence-electron chi connectivity index (χ3n) is 6.57. The van der Waals surface area contributed by atoms with Crippen LogP contribution in [0.5, 0.6) is 0 Å². The summed E-state index contributed by atoms with van der Waals surface area (Å²) in [5, 5.41) is 16.6. The number of nitrogens with one attached hydrogen (secondary N) is 2. The van der Waals surface area contributed by atoms with E-state index < -0.39 is 29.7 Å². The maximum atomic E-state index is 14.4. The molecule has 6 rings (SSSR count). The number of fused-ring (bicyclic) bond motifs is 2. The van der Waals surface area contributed by atoms with E-state index in [0.29, 0.717) is 10.4 Å². The molecule has 13 heteroatoms. The number of hydrogen-bond acceptors (Lipinski definition) is 7. The van der Waals surface area contributed by atoms with Crippen molar-refractivity contribution in [3.63, 3.8) is 0 Å². The van der Waals surface area contributed by atoms with Crippen LogP contribution < -0.4 is 16.2 Å². The fraction of sp³-hybridized carbons (Fsp3) is 0.333. The van der Waals surface area contributed by atoms with E-state index in [2.05, 4.69) is 25.6 Å². The standard InChI is InChI=1S/C24H21F4N7O2/c25-17-3-4-18(32-19(17)23(37)6-7-23)35-20-16(21(36)34(35)12-24(26,27)28)11-30-22(33-20)31-15-2-1-14-10-29-8-5-13(14)9-15/h1-4,9,11,29,37H,5-8,10,12H2,(H,30,31,33). The minimum atomic E-state index is -4.74. The van der Waals surface area contributed by atoms with Gasteiger partial charge in [0.2, 0.25) is 5.95 Å². The van der Waals surface area contributed by atoms with Crippen LogP contribution in [0.1, 0.15) is 29.7 Å². The lowest BCUT2D eigenvalue weighted by Crippen LogP contribution is -2.30. The van der Waals surface area contributed by atoms with Gasteiger partial charge in [-0.3, -0.25) is 4.79 Å². The van der Waals surface area contributed by atoms with E-state index >= 15 is 0 Å². The highest BCUT2D eigenvalue weighted by Crippen LogP contribution is 2.45. The zero-order valence-electron chi connectivity index (χ0n) is 19.3. The first kappa shape index (κ1) is 23.6. The molecule has 0 saturated heterocycles. The SMILES string of the molecule is O=c1c2cnc(Nc3ccc4c(c3)CCNC4)nc2n(-c2ccc(F)c(C3(O)CC3)n2)n1CC(F)(F)F. The van der Waals surface area contributed by atoms with Crippen LogP contribution in [-0.4, -0.2) is 42.1 Å². The summed E-state index contributed by atoms with van der Waals surface area (Å²) in [4.78, 5) is 25.6. The zero-order valence-corrected chi connectivity index (χ0v) is 19.3. The lowest BCUT2D eigenvalue weighted by Gasteiger charge is -2.18. The normalized spacial score (nSPS) is 16.6. The molecule has 1 aliphatic carbocycles. The lowest BCUT2D eigenvalue weighted by molar-refractivity contribution is -0.144. The summed E-state index contributed by atoms with van der Waals surface area (Å²) in [7, 11) is 0. The van der Waals surface area contributed by atoms with Crippen molar-refractivity contribution < 1.29 is 22.7 Å². The summed E-state index contributed by atoms with van der Waals surface area (Å²) in [6.07, 6.45) is -2.20. The Balaban J connectivity index is 1.48. The Morgan fingerprint density at radius 1 is 1.14 bits per heavy atom. The summed E-state index contributed by atoms with van der Waals surface area (Å²) in [6, 6.07) is 7.90. The topological polar surface area (TPSA) is 110 Å². The Hall–Kier alpha value is -3.84. The molecule has 4 heterocycles. The Kier molecular flexibility index (Phi) is 5.31. The Morgan fingerprint density at radius 3 is 2.70 bits per heavy atom. The number of alkyl halides is 3. The van der Waals surface area contributed by atoms with Gasteiger partial charge in [-0.25, -0.2) is 23.7 Å². The number of anilines is 2. The van der Waals surface area contributed by atoms with Gasteiger partial charge < -0.3 is 15.7 Å². The minimum Gasteiger partial charge on any atom is -0.383 e. The molecule has 4 aromatic rings. The smallest absolute Gasteiger partial charge is 0.383 e. The molecule has 1 saturated carbocycles. The second kappa shape index (κ2) is 8.35. The maximum absolute atomic E-state index is 14.4. The second-order valence-corrected chi connectivity index (χ2v) is 9.29. The van der Waals surface area contributed by atoms with E-state index in [9.17, 15) is 27.5 Å². The van der Waals surface area contributed by atoms with Crippen molar-refractivity contribution in [1.29, 1.82) is 0 Å². The molecule has 0 bridgehead atoms. The van der Waals surface area contributed by atoms with E-state index in [1.807, 2.05) is 18.2 Å². The van der Waals surface area contributed by atoms with E-state index in [0.717, 1.165) is 48.1 Å². The van der Waals surface area contributed by atoms with Gasteiger partial charge in [0, 0.05) is 18.4 Å². The summed E-state index contributed by atoms with van der Waals surface area (Å²) < 4.78 is 56.1. The van der Waals surface area contributed by atoms with Gasteiger partial charge >= 0.3 is 6.18 Å². The van der Waals surface area contributed by atoms with E-state index in [4.69, 9.17) is 0 Å². The molecule has 0 radical (unpaired) electrons. The van der Waals surface area contributed by atoms with Gasteiger partial charge in [-0.1, -0.05) is 6.07 Å². The Labute approximate surface area is 206 Å². The predicted octanol–water partition coefficient (Wildman–Crippen LogP) is 3.05. The minimum absolute atomic E-state index is 0.0578. The summed E-state index contributed by atoms with van der Waals surface area (Å²) in [5.41, 5.74) is 0.123. The molecule has 3 N–H and O–H groups in total. The van der Waals surface area contributed by atoms with Gasteiger partial charge in [0.15, 0.2) is 11.5 Å². The van der Waals surface area contributed by atoms with Crippen molar-refractivity contribution in [2.75, 3.05) is 11.9 Å². The largest absolute Gasteiger partial charge is 0.408 e. The number of aromatic nitrogens is 5. The monoisotopic (exact) mass is 515 g/mol. The summed E-state index contributed by atoms with van der Waals surface area (Å²) in [6.45, 7) is -0.0129. The van der Waals surface area contributed by atoms with Crippen LogP contribution in [-0.2, 0) is 25.1 Å². The Morgan fingerprint density at radius 2 is 1.95 bits per heavy atom. The molecule has 0 spiro atoms. The summed E-state index contributed by atoms with van der Waals surface area (Å²) in [5.74, 6) is -0.911. The molecular formula is C24H21F4N7O2. The Bertz CT molecular complexity index is 1590. The molecule has 0 atom stereocenters. The first-order valence-electron chi connectivity index (χ1n) is 11.7. The average Bonchev–Trinajstić information content (AvgIpc) is 3.55. The first-order chi connectivity index (χ1) is 17.6. The summed E-state index contributed by atoms with van der Waals surface area (Å²) >= 11 is 0. The van der Waals surface area contributed by atoms with Crippen molar-refractivity contribution in [2.45, 2.75) is 44.1 Å². The van der Waals surface area contributed by atoms with Crippen LogP contribution >= 0.6 is 0 Å². The number of rotatable bonds is 5. The molecule has 37 heavy (non-hydrogen) atoms. The molecular weight excluding hydrogens is 494 g/mol. The number of nitrogens with zero attached hydrogens (tertiary/aromatic N) is 5. The van der Waals surface area contributed by atoms with Gasteiger partial charge in [0.1, 0.15) is 29.0 Å². The second-order valence-electron chi connectivity index (χ2n) is 9.29. The zero-order chi connectivity index (χ0) is 25.9. The van der Waals surface area contributed by atoms with Crippen molar-refractivity contribution in [3.8, 4) is 5.82 Å². The van der Waals surface area contributed by atoms with Gasteiger partial charge in [-0.2, -0.15) is 18.2 Å². The van der Waals surface area contributed by atoms with E-state index in [-0.39, 0.29) is 41.3 Å². The number of pyridine rings is 1. The van der Waals surface area contributed by atoms with Crippen LogP contribution in [0, 0.1) is 5.82 Å². The van der Waals surface area contributed by atoms with Crippen LogP contribution in [0.3, 0.4) is 0 Å². The number of hydrogen-bond donors (Lipinski definition) is 3. The van der Waals surface area contributed by atoms with Crippen molar-refractivity contribution in [3.05, 3.63) is 69.5 Å². The fourth-order valence-corrected chi connectivity index (χ4v) is 4.55. The lowest BCUT2D eigenvalue weighted by atomic mass is 10.0. The number of halogens is 4. The molecule has 9 nitrogen and oxygen atoms in total. The third-order valence-corrected chi connectivity index (χ3v) is 6.57. The molecule has 1 fully saturated rings. The molecule has 1 aliphatic heterocycles. The molecule has 2 aliphatic rings. The fourth-order valence-electron chi connectivity index (χ4n) is 4.55. The highest BCUT2D eigenvalue weighted by Gasteiger charge is 2.46. The van der Waals surface area contributed by atoms with Gasteiger partial charge in [0.05, 0.1) is 0 Å². The average molecular weight is 515 g/mol. The molecule has 0 amide bonds. The van der Waals surface area contributed by atoms with Gasteiger partial charge in [-0.15, -0.1) is 0 Å².